The first-order valence-corrected chi connectivity index (χ1v) is 9.37. The number of rotatable bonds is 4. The highest BCUT2D eigenvalue weighted by atomic mass is 19.1. The monoisotopic (exact) mass is 387 g/mol. The maximum absolute atomic E-state index is 13.8. The van der Waals surface area contributed by atoms with E-state index in [0.717, 1.165) is 36.6 Å². The van der Waals surface area contributed by atoms with Crippen molar-refractivity contribution < 1.29 is 18.4 Å². The lowest BCUT2D eigenvalue weighted by Gasteiger charge is -2.33. The molecule has 1 aliphatic heterocycles. The van der Waals surface area contributed by atoms with Crippen molar-refractivity contribution in [2.75, 3.05) is 25.0 Å². The van der Waals surface area contributed by atoms with Gasteiger partial charge >= 0.3 is 6.03 Å². The van der Waals surface area contributed by atoms with E-state index in [1.165, 1.54) is 0 Å². The van der Waals surface area contributed by atoms with Gasteiger partial charge in [0.1, 0.15) is 11.6 Å². The molecule has 28 heavy (non-hydrogen) atoms. The van der Waals surface area contributed by atoms with E-state index < -0.39 is 17.5 Å². The average molecular weight is 387 g/mol. The molecule has 2 aromatic carbocycles. The summed E-state index contributed by atoms with van der Waals surface area (Å²) >= 11 is 0. The van der Waals surface area contributed by atoms with Crippen molar-refractivity contribution >= 4 is 17.6 Å². The quantitative estimate of drug-likeness (QED) is 0.829. The first-order valence-electron chi connectivity index (χ1n) is 9.37. The molecule has 2 N–H and O–H groups in total. The van der Waals surface area contributed by atoms with Crippen LogP contribution in [0.1, 0.15) is 41.6 Å². The molecule has 148 valence electrons. The Morgan fingerprint density at radius 2 is 2.00 bits per heavy atom. The summed E-state index contributed by atoms with van der Waals surface area (Å²) in [5, 5.41) is 5.22. The molecule has 1 aliphatic rings. The fourth-order valence-electron chi connectivity index (χ4n) is 3.42. The fraction of sp³-hybridized carbons (Fsp3) is 0.333. The molecule has 5 nitrogen and oxygen atoms in total. The minimum Gasteiger partial charge on any atom is -0.338 e. The number of nitrogens with zero attached hydrogens (tertiary/aromatic N) is 1. The van der Waals surface area contributed by atoms with Crippen molar-refractivity contribution in [3.8, 4) is 0 Å². The van der Waals surface area contributed by atoms with Crippen LogP contribution in [-0.2, 0) is 0 Å². The summed E-state index contributed by atoms with van der Waals surface area (Å²) in [4.78, 5) is 26.4. The van der Waals surface area contributed by atoms with Crippen LogP contribution in [-0.4, -0.2) is 36.5 Å². The number of hydrogen-bond acceptors (Lipinski definition) is 2. The van der Waals surface area contributed by atoms with Crippen molar-refractivity contribution in [1.29, 1.82) is 0 Å². The van der Waals surface area contributed by atoms with E-state index >= 15 is 0 Å². The lowest BCUT2D eigenvalue weighted by molar-refractivity contribution is 0.102. The van der Waals surface area contributed by atoms with Crippen LogP contribution >= 0.6 is 0 Å². The molecular formula is C21H23F2N3O2. The van der Waals surface area contributed by atoms with Gasteiger partial charge in [-0.05, 0) is 49.6 Å². The Labute approximate surface area is 162 Å². The Bertz CT molecular complexity index is 872. The van der Waals surface area contributed by atoms with E-state index in [1.807, 2.05) is 13.0 Å². The number of urea groups is 1. The predicted molar refractivity (Wildman–Crippen MR) is 103 cm³/mol. The van der Waals surface area contributed by atoms with Gasteiger partial charge in [0.25, 0.3) is 5.91 Å². The number of halogens is 2. The molecule has 1 atom stereocenters. The number of benzene rings is 2. The Hall–Kier alpha value is -2.96. The van der Waals surface area contributed by atoms with Gasteiger partial charge in [-0.25, -0.2) is 13.6 Å². The second kappa shape index (κ2) is 8.82. The van der Waals surface area contributed by atoms with Crippen LogP contribution < -0.4 is 10.6 Å². The maximum atomic E-state index is 13.8. The first kappa shape index (κ1) is 19.8. The molecule has 0 aliphatic carbocycles. The number of likely N-dealkylation sites (tertiary alicyclic amines) is 1. The summed E-state index contributed by atoms with van der Waals surface area (Å²) in [7, 11) is 0. The molecule has 1 heterocycles. The number of nitrogens with one attached hydrogen (secondary N) is 2. The number of carbonyl (C=O) groups is 2. The highest BCUT2D eigenvalue weighted by Crippen LogP contribution is 2.28. The first-order chi connectivity index (χ1) is 13.5. The lowest BCUT2D eigenvalue weighted by atomic mass is 9.89. The molecule has 0 spiro atoms. The highest BCUT2D eigenvalue weighted by Gasteiger charge is 2.25. The molecule has 3 rings (SSSR count). The van der Waals surface area contributed by atoms with Gasteiger partial charge in [0.15, 0.2) is 0 Å². The Balaban J connectivity index is 1.73. The topological polar surface area (TPSA) is 61.4 Å². The van der Waals surface area contributed by atoms with Crippen molar-refractivity contribution in [2.24, 2.45) is 0 Å². The third-order valence-electron chi connectivity index (χ3n) is 4.83. The van der Waals surface area contributed by atoms with Crippen molar-refractivity contribution in [2.45, 2.75) is 25.7 Å². The van der Waals surface area contributed by atoms with Gasteiger partial charge in [-0.2, -0.15) is 0 Å². The summed E-state index contributed by atoms with van der Waals surface area (Å²) < 4.78 is 27.1. The van der Waals surface area contributed by atoms with Gasteiger partial charge in [0, 0.05) is 37.2 Å². The van der Waals surface area contributed by atoms with Crippen LogP contribution in [0.2, 0.25) is 0 Å². The van der Waals surface area contributed by atoms with Crippen LogP contribution in [0.25, 0.3) is 0 Å². The molecule has 1 fully saturated rings. The van der Waals surface area contributed by atoms with E-state index in [9.17, 15) is 18.4 Å². The van der Waals surface area contributed by atoms with E-state index in [0.29, 0.717) is 25.2 Å². The van der Waals surface area contributed by atoms with Crippen molar-refractivity contribution in [1.82, 2.24) is 10.2 Å². The molecule has 0 saturated carbocycles. The minimum absolute atomic E-state index is 0.0809. The number of amides is 3. The number of carbonyl (C=O) groups excluding carboxylic acids is 2. The third-order valence-corrected chi connectivity index (χ3v) is 4.83. The highest BCUT2D eigenvalue weighted by molar-refractivity contribution is 6.04. The van der Waals surface area contributed by atoms with E-state index in [2.05, 4.69) is 10.6 Å². The molecule has 0 radical (unpaired) electrons. The summed E-state index contributed by atoms with van der Waals surface area (Å²) in [5.41, 5.74) is 1.10. The van der Waals surface area contributed by atoms with E-state index in [-0.39, 0.29) is 17.6 Å². The summed E-state index contributed by atoms with van der Waals surface area (Å²) in [6.45, 7) is 3.74. The number of anilines is 1. The molecule has 0 bridgehead atoms. The number of piperidine rings is 1. The molecule has 0 aromatic heterocycles. The van der Waals surface area contributed by atoms with Gasteiger partial charge in [0.2, 0.25) is 0 Å². The van der Waals surface area contributed by atoms with Crippen LogP contribution in [0.5, 0.6) is 0 Å². The van der Waals surface area contributed by atoms with E-state index in [1.54, 1.807) is 23.1 Å². The van der Waals surface area contributed by atoms with Crippen LogP contribution in [0.15, 0.2) is 42.5 Å². The largest absolute Gasteiger partial charge is 0.338 e. The van der Waals surface area contributed by atoms with Gasteiger partial charge in [0.05, 0.1) is 5.69 Å². The normalized spacial score (nSPS) is 16.5. The zero-order valence-electron chi connectivity index (χ0n) is 15.7. The molecule has 1 unspecified atom stereocenters. The second-order valence-electron chi connectivity index (χ2n) is 6.82. The van der Waals surface area contributed by atoms with E-state index in [4.69, 9.17) is 0 Å². The molecule has 7 heteroatoms. The minimum atomic E-state index is -0.698. The van der Waals surface area contributed by atoms with Crippen molar-refractivity contribution in [3.05, 3.63) is 65.2 Å². The summed E-state index contributed by atoms with van der Waals surface area (Å²) in [6, 6.07) is 9.89. The Kier molecular flexibility index (Phi) is 6.23. The predicted octanol–water partition coefficient (Wildman–Crippen LogP) is 4.13. The summed E-state index contributed by atoms with van der Waals surface area (Å²) in [5.74, 6) is -1.72. The fourth-order valence-corrected chi connectivity index (χ4v) is 3.42. The van der Waals surface area contributed by atoms with Crippen LogP contribution in [0.3, 0.4) is 0 Å². The summed E-state index contributed by atoms with van der Waals surface area (Å²) in [6.07, 6.45) is 1.80. The van der Waals surface area contributed by atoms with Gasteiger partial charge in [-0.15, -0.1) is 0 Å². The molecular weight excluding hydrogens is 364 g/mol. The smallest absolute Gasteiger partial charge is 0.317 e. The standard InChI is InChI=1S/C21H23F2N3O2/c1-2-24-21(28)26-10-4-7-16(13-26)14-5-3-6-15(11-14)20(27)25-19-12-17(22)8-9-18(19)23/h3,5-6,8-9,11-12,16H,2,4,7,10,13H2,1H3,(H,24,28)(H,25,27). The van der Waals surface area contributed by atoms with Gasteiger partial charge < -0.3 is 15.5 Å². The average Bonchev–Trinajstić information content (AvgIpc) is 2.71. The van der Waals surface area contributed by atoms with Gasteiger partial charge in [-0.1, -0.05) is 12.1 Å². The lowest BCUT2D eigenvalue weighted by Crippen LogP contribution is -2.44. The molecule has 3 amide bonds. The Morgan fingerprint density at radius 1 is 1.18 bits per heavy atom. The van der Waals surface area contributed by atoms with Gasteiger partial charge in [-0.3, -0.25) is 4.79 Å². The molecule has 1 saturated heterocycles. The SMILES string of the molecule is CCNC(=O)N1CCCC(c2cccc(C(=O)Nc3cc(F)ccc3F)c2)C1. The van der Waals surface area contributed by atoms with Crippen LogP contribution in [0.4, 0.5) is 19.3 Å². The molecule has 2 aromatic rings. The zero-order valence-corrected chi connectivity index (χ0v) is 15.7. The number of hydrogen-bond donors (Lipinski definition) is 2. The Morgan fingerprint density at radius 3 is 2.79 bits per heavy atom. The maximum Gasteiger partial charge on any atom is 0.317 e. The van der Waals surface area contributed by atoms with Crippen molar-refractivity contribution in [3.63, 3.8) is 0 Å². The van der Waals surface area contributed by atoms with Crippen LogP contribution in [0, 0.1) is 11.6 Å². The third kappa shape index (κ3) is 4.65. The second-order valence-corrected chi connectivity index (χ2v) is 6.82. The zero-order chi connectivity index (χ0) is 20.1.